The highest BCUT2D eigenvalue weighted by Gasteiger charge is 2.15. The second kappa shape index (κ2) is 5.11. The zero-order chi connectivity index (χ0) is 17.0. The van der Waals surface area contributed by atoms with Crippen LogP contribution in [0.4, 0.5) is 0 Å². The highest BCUT2D eigenvalue weighted by Crippen LogP contribution is 2.31. The summed E-state index contributed by atoms with van der Waals surface area (Å²) in [6.07, 6.45) is 0. The van der Waals surface area contributed by atoms with Crippen LogP contribution in [0, 0.1) is 13.8 Å². The summed E-state index contributed by atoms with van der Waals surface area (Å²) in [5.41, 5.74) is 7.35. The third-order valence-corrected chi connectivity index (χ3v) is 4.83. The van der Waals surface area contributed by atoms with E-state index in [2.05, 4.69) is 48.4 Å². The fraction of sp³-hybridized carbons (Fsp3) is 0.0952. The highest BCUT2D eigenvalue weighted by atomic mass is 15.4. The summed E-state index contributed by atoms with van der Waals surface area (Å²) in [6.45, 7) is 4.22. The fourth-order valence-corrected chi connectivity index (χ4v) is 3.39. The number of hydrogen-bond donors (Lipinski definition) is 0. The summed E-state index contributed by atoms with van der Waals surface area (Å²) in [7, 11) is 0. The Morgan fingerprint density at radius 1 is 0.720 bits per heavy atom. The molecule has 120 valence electrons. The second-order valence-electron chi connectivity index (χ2n) is 6.42. The van der Waals surface area contributed by atoms with Crippen LogP contribution < -0.4 is 0 Å². The van der Waals surface area contributed by atoms with E-state index in [1.54, 1.807) is 0 Å². The molecule has 0 aliphatic carbocycles. The molecule has 0 bridgehead atoms. The Bertz CT molecular complexity index is 1210. The van der Waals surface area contributed by atoms with E-state index in [4.69, 9.17) is 4.98 Å². The smallest absolute Gasteiger partial charge is 0.113 e. The van der Waals surface area contributed by atoms with Crippen molar-refractivity contribution >= 4 is 32.8 Å². The van der Waals surface area contributed by atoms with Crippen LogP contribution >= 0.6 is 0 Å². The largest absolute Gasteiger partial charge is 0.248 e. The van der Waals surface area contributed by atoms with Crippen LogP contribution in [-0.2, 0) is 0 Å². The number of fused-ring (bicyclic) bond motifs is 3. The predicted octanol–water partition coefficient (Wildman–Crippen LogP) is 4.74. The third kappa shape index (κ3) is 2.04. The van der Waals surface area contributed by atoms with E-state index in [-0.39, 0.29) is 0 Å². The van der Waals surface area contributed by atoms with E-state index < -0.39 is 0 Å². The molecule has 5 aromatic rings. The van der Waals surface area contributed by atoms with Gasteiger partial charge < -0.3 is 0 Å². The normalized spacial score (nSPS) is 11.6. The molecule has 0 aliphatic heterocycles. The maximum absolute atomic E-state index is 4.80. The van der Waals surface area contributed by atoms with Gasteiger partial charge in [-0.1, -0.05) is 41.6 Å². The fourth-order valence-electron chi connectivity index (χ4n) is 3.39. The Labute approximate surface area is 144 Å². The maximum Gasteiger partial charge on any atom is 0.113 e. The first-order valence-electron chi connectivity index (χ1n) is 8.33. The molecule has 0 unspecified atom stereocenters. The average molecular weight is 324 g/mol. The van der Waals surface area contributed by atoms with Crippen LogP contribution in [0.1, 0.15) is 11.1 Å². The van der Waals surface area contributed by atoms with Crippen molar-refractivity contribution in [2.75, 3.05) is 0 Å². The van der Waals surface area contributed by atoms with E-state index >= 15 is 0 Å². The highest BCUT2D eigenvalue weighted by molar-refractivity contribution is 6.04. The van der Waals surface area contributed by atoms with Crippen molar-refractivity contribution in [3.63, 3.8) is 0 Å². The third-order valence-electron chi connectivity index (χ3n) is 4.83. The zero-order valence-corrected chi connectivity index (χ0v) is 14.1. The van der Waals surface area contributed by atoms with Crippen molar-refractivity contribution in [3.8, 4) is 5.69 Å². The number of hydrogen-bond acceptors (Lipinski definition) is 3. The lowest BCUT2D eigenvalue weighted by atomic mass is 10.1. The first-order valence-corrected chi connectivity index (χ1v) is 8.33. The molecule has 2 aromatic heterocycles. The number of benzene rings is 3. The monoisotopic (exact) mass is 324 g/mol. The number of rotatable bonds is 1. The molecular formula is C21H16N4. The molecule has 25 heavy (non-hydrogen) atoms. The second-order valence-corrected chi connectivity index (χ2v) is 6.42. The Morgan fingerprint density at radius 2 is 1.32 bits per heavy atom. The minimum Gasteiger partial charge on any atom is -0.248 e. The van der Waals surface area contributed by atoms with Crippen molar-refractivity contribution in [2.45, 2.75) is 13.8 Å². The SMILES string of the molecule is Cc1cc2nnn(-c3c4ccccc4nc4ccccc34)c2cc1C. The number of nitrogens with zero attached hydrogens (tertiary/aromatic N) is 4. The summed E-state index contributed by atoms with van der Waals surface area (Å²) >= 11 is 0. The molecule has 0 fully saturated rings. The average Bonchev–Trinajstić information content (AvgIpc) is 3.02. The van der Waals surface area contributed by atoms with E-state index in [1.807, 2.05) is 41.1 Å². The van der Waals surface area contributed by atoms with Crippen molar-refractivity contribution in [1.82, 2.24) is 20.0 Å². The molecule has 0 radical (unpaired) electrons. The van der Waals surface area contributed by atoms with Crippen molar-refractivity contribution in [3.05, 3.63) is 71.8 Å². The summed E-state index contributed by atoms with van der Waals surface area (Å²) in [6, 6.07) is 20.6. The minimum atomic E-state index is 0.910. The number of pyridine rings is 1. The minimum absolute atomic E-state index is 0.910. The lowest BCUT2D eigenvalue weighted by Crippen LogP contribution is -2.01. The predicted molar refractivity (Wildman–Crippen MR) is 101 cm³/mol. The topological polar surface area (TPSA) is 43.6 Å². The molecule has 4 heteroatoms. The van der Waals surface area contributed by atoms with Crippen molar-refractivity contribution in [2.24, 2.45) is 0 Å². The van der Waals surface area contributed by atoms with Gasteiger partial charge in [-0.05, 0) is 49.2 Å². The van der Waals surface area contributed by atoms with Gasteiger partial charge in [0.25, 0.3) is 0 Å². The van der Waals surface area contributed by atoms with Crippen molar-refractivity contribution < 1.29 is 0 Å². The Kier molecular flexibility index (Phi) is 2.88. The van der Waals surface area contributed by atoms with Gasteiger partial charge in [-0.2, -0.15) is 0 Å². The van der Waals surface area contributed by atoms with Gasteiger partial charge in [0.2, 0.25) is 0 Å². The molecule has 2 heterocycles. The maximum atomic E-state index is 4.80. The summed E-state index contributed by atoms with van der Waals surface area (Å²) in [5.74, 6) is 0. The van der Waals surface area contributed by atoms with E-state index in [9.17, 15) is 0 Å². The van der Waals surface area contributed by atoms with Gasteiger partial charge in [0.15, 0.2) is 0 Å². The summed E-state index contributed by atoms with van der Waals surface area (Å²) < 4.78 is 1.95. The van der Waals surface area contributed by atoms with Gasteiger partial charge in [-0.3, -0.25) is 0 Å². The molecule has 0 aliphatic rings. The van der Waals surface area contributed by atoms with E-state index in [0.29, 0.717) is 0 Å². The van der Waals surface area contributed by atoms with Crippen molar-refractivity contribution in [1.29, 1.82) is 0 Å². The van der Waals surface area contributed by atoms with Gasteiger partial charge in [0, 0.05) is 10.8 Å². The molecule has 3 aromatic carbocycles. The van der Waals surface area contributed by atoms with Gasteiger partial charge in [-0.15, -0.1) is 5.10 Å². The van der Waals surface area contributed by atoms with Crippen LogP contribution in [0.5, 0.6) is 0 Å². The van der Waals surface area contributed by atoms with E-state index in [1.165, 1.54) is 11.1 Å². The molecule has 0 saturated carbocycles. The Morgan fingerprint density at radius 3 is 2.00 bits per heavy atom. The number of aromatic nitrogens is 4. The number of aryl methyl sites for hydroxylation is 2. The van der Waals surface area contributed by atoms with Crippen LogP contribution in [0.3, 0.4) is 0 Å². The van der Waals surface area contributed by atoms with Crippen LogP contribution in [-0.4, -0.2) is 20.0 Å². The first-order chi connectivity index (χ1) is 12.2. The zero-order valence-electron chi connectivity index (χ0n) is 14.1. The Hall–Kier alpha value is -3.27. The number of para-hydroxylation sites is 2. The molecule has 0 saturated heterocycles. The first kappa shape index (κ1) is 14.1. The lowest BCUT2D eigenvalue weighted by Gasteiger charge is -2.11. The van der Waals surface area contributed by atoms with Crippen LogP contribution in [0.2, 0.25) is 0 Å². The van der Waals surface area contributed by atoms with Gasteiger partial charge in [0.1, 0.15) is 5.52 Å². The standard InChI is InChI=1S/C21H16N4/c1-13-11-19-20(12-14(13)2)25(24-23-19)21-15-7-3-5-9-17(15)22-18-10-6-4-8-16(18)21/h3-12H,1-2H3. The molecule has 0 amide bonds. The van der Waals surface area contributed by atoms with Gasteiger partial charge in [0.05, 0.1) is 22.2 Å². The molecule has 5 rings (SSSR count). The Balaban J connectivity index is 1.99. The quantitative estimate of drug-likeness (QED) is 0.418. The lowest BCUT2D eigenvalue weighted by molar-refractivity contribution is 0.833. The molecule has 4 nitrogen and oxygen atoms in total. The summed E-state index contributed by atoms with van der Waals surface area (Å²) in [4.78, 5) is 4.80. The molecule has 0 atom stereocenters. The summed E-state index contributed by atoms with van der Waals surface area (Å²) in [5, 5.41) is 11.0. The van der Waals surface area contributed by atoms with E-state index in [0.717, 1.165) is 38.5 Å². The van der Waals surface area contributed by atoms with Gasteiger partial charge >= 0.3 is 0 Å². The van der Waals surface area contributed by atoms with Crippen LogP contribution in [0.25, 0.3) is 38.5 Å². The molecule has 0 spiro atoms. The van der Waals surface area contributed by atoms with Gasteiger partial charge in [-0.25, -0.2) is 9.67 Å². The van der Waals surface area contributed by atoms with Crippen LogP contribution in [0.15, 0.2) is 60.7 Å². The molecule has 0 N–H and O–H groups in total. The molecular weight excluding hydrogens is 308 g/mol.